The van der Waals surface area contributed by atoms with Crippen molar-refractivity contribution in [3.05, 3.63) is 125 Å². The summed E-state index contributed by atoms with van der Waals surface area (Å²) in [6, 6.07) is 34.0. The Labute approximate surface area is 233 Å². The second-order valence-corrected chi connectivity index (χ2v) is 10.1. The third-order valence-electron chi connectivity index (χ3n) is 7.05. The first-order valence-electron chi connectivity index (χ1n) is 14.2. The lowest BCUT2D eigenvalue weighted by Gasteiger charge is -2.11. The van der Waals surface area contributed by atoms with Gasteiger partial charge in [0.25, 0.3) is 0 Å². The number of aryl methyl sites for hydroxylation is 1. The molecule has 0 fully saturated rings. The Morgan fingerprint density at radius 1 is 0.769 bits per heavy atom. The molecule has 0 heterocycles. The van der Waals surface area contributed by atoms with Gasteiger partial charge in [0.1, 0.15) is 5.75 Å². The molecule has 0 spiro atoms. The third kappa shape index (κ3) is 8.51. The van der Waals surface area contributed by atoms with Gasteiger partial charge in [-0.25, -0.2) is 4.79 Å². The minimum absolute atomic E-state index is 0.0739. The second kappa shape index (κ2) is 14.8. The van der Waals surface area contributed by atoms with Gasteiger partial charge < -0.3 is 4.74 Å². The van der Waals surface area contributed by atoms with E-state index < -0.39 is 0 Å². The topological polar surface area (TPSA) is 38.7 Å². The van der Waals surface area contributed by atoms with Crippen molar-refractivity contribution in [2.75, 3.05) is 0 Å². The molecule has 0 unspecified atom stereocenters. The van der Waals surface area contributed by atoms with E-state index in [1.165, 1.54) is 49.7 Å². The third-order valence-corrected chi connectivity index (χ3v) is 7.05. The number of nitrogens with zero attached hydrogens (tertiary/aromatic N) is 1. The predicted octanol–water partition coefficient (Wildman–Crippen LogP) is 9.66. The van der Waals surface area contributed by atoms with Gasteiger partial charge in [-0.15, -0.1) is 0 Å². The van der Waals surface area contributed by atoms with Gasteiger partial charge in [-0.05, 0) is 77.9 Å². The summed E-state index contributed by atoms with van der Waals surface area (Å²) >= 11 is 0. The minimum atomic E-state index is -0.360. The number of rotatable bonds is 13. The maximum atomic E-state index is 13.1. The highest BCUT2D eigenvalue weighted by Crippen LogP contribution is 2.26. The molecule has 1 atom stereocenters. The maximum absolute atomic E-state index is 13.1. The van der Waals surface area contributed by atoms with Crippen molar-refractivity contribution < 1.29 is 9.53 Å². The lowest BCUT2D eigenvalue weighted by atomic mass is 9.97. The van der Waals surface area contributed by atoms with Crippen LogP contribution in [0.15, 0.2) is 108 Å². The molecule has 0 saturated heterocycles. The van der Waals surface area contributed by atoms with Gasteiger partial charge in [0.15, 0.2) is 0 Å². The van der Waals surface area contributed by atoms with Gasteiger partial charge in [0.05, 0.1) is 11.6 Å². The summed E-state index contributed by atoms with van der Waals surface area (Å²) in [6.45, 7) is 4.32. The summed E-state index contributed by atoms with van der Waals surface area (Å²) < 4.78 is 5.75. The van der Waals surface area contributed by atoms with E-state index in [-0.39, 0.29) is 12.0 Å². The number of benzene rings is 4. The Kier molecular flexibility index (Phi) is 10.7. The van der Waals surface area contributed by atoms with Crippen LogP contribution in [0.3, 0.4) is 0 Å². The normalized spacial score (nSPS) is 11.9. The van der Waals surface area contributed by atoms with Crippen molar-refractivity contribution >= 4 is 12.2 Å². The average Bonchev–Trinajstić information content (AvgIpc) is 2.99. The van der Waals surface area contributed by atoms with Crippen LogP contribution in [0.5, 0.6) is 5.75 Å². The molecule has 4 aromatic carbocycles. The zero-order chi connectivity index (χ0) is 27.3. The summed E-state index contributed by atoms with van der Waals surface area (Å²) in [5, 5.41) is 0. The number of aliphatic imine (C=N–C) groups is 1. The molecule has 0 radical (unpaired) electrons. The van der Waals surface area contributed by atoms with Gasteiger partial charge in [-0.1, -0.05) is 112 Å². The highest BCUT2D eigenvalue weighted by atomic mass is 16.5. The van der Waals surface area contributed by atoms with Crippen molar-refractivity contribution in [3.8, 4) is 16.9 Å². The van der Waals surface area contributed by atoms with Crippen molar-refractivity contribution in [1.29, 1.82) is 0 Å². The molecule has 0 saturated carbocycles. The van der Waals surface area contributed by atoms with Crippen molar-refractivity contribution in [1.82, 2.24) is 0 Å². The quantitative estimate of drug-likeness (QED) is 0.0766. The highest BCUT2D eigenvalue weighted by Gasteiger charge is 2.15. The number of carbonyl (C=O) groups is 1. The molecule has 39 heavy (non-hydrogen) atoms. The fourth-order valence-electron chi connectivity index (χ4n) is 4.67. The van der Waals surface area contributed by atoms with Gasteiger partial charge in [-0.3, -0.25) is 4.99 Å². The lowest BCUT2D eigenvalue weighted by Crippen LogP contribution is -2.10. The molecule has 0 bridgehead atoms. The number of unbranched alkanes of at least 4 members (excludes halogenated alkanes) is 5. The summed E-state index contributed by atoms with van der Waals surface area (Å²) in [4.78, 5) is 17.8. The molecule has 3 nitrogen and oxygen atoms in total. The van der Waals surface area contributed by atoms with E-state index in [9.17, 15) is 4.79 Å². The molecule has 0 N–H and O–H groups in total. The first kappa shape index (κ1) is 28.0. The van der Waals surface area contributed by atoms with Crippen molar-refractivity contribution in [2.24, 2.45) is 4.99 Å². The number of ether oxygens (including phenoxy) is 1. The zero-order valence-electron chi connectivity index (χ0n) is 23.2. The number of hydrogen-bond acceptors (Lipinski definition) is 3. The highest BCUT2D eigenvalue weighted by molar-refractivity contribution is 5.98. The molecule has 0 aliphatic rings. The van der Waals surface area contributed by atoms with Gasteiger partial charge >= 0.3 is 5.97 Å². The molecule has 0 amide bonds. The molecule has 0 aliphatic heterocycles. The van der Waals surface area contributed by atoms with Crippen LogP contribution < -0.4 is 4.74 Å². The predicted molar refractivity (Wildman–Crippen MR) is 163 cm³/mol. The van der Waals surface area contributed by atoms with Crippen LogP contribution in [0, 0.1) is 0 Å². The van der Waals surface area contributed by atoms with E-state index in [4.69, 9.17) is 4.74 Å². The monoisotopic (exact) mass is 517 g/mol. The number of hydrogen-bond donors (Lipinski definition) is 0. The van der Waals surface area contributed by atoms with Crippen LogP contribution in [-0.4, -0.2) is 12.2 Å². The van der Waals surface area contributed by atoms with E-state index in [1.54, 1.807) is 0 Å². The zero-order valence-corrected chi connectivity index (χ0v) is 23.2. The van der Waals surface area contributed by atoms with Crippen LogP contribution in [-0.2, 0) is 6.42 Å². The van der Waals surface area contributed by atoms with E-state index in [0.717, 1.165) is 23.1 Å². The van der Waals surface area contributed by atoms with E-state index >= 15 is 0 Å². The fourth-order valence-corrected chi connectivity index (χ4v) is 4.67. The molecule has 0 aliphatic carbocycles. The van der Waals surface area contributed by atoms with Crippen molar-refractivity contribution in [2.45, 2.75) is 64.8 Å². The van der Waals surface area contributed by atoms with Crippen LogP contribution >= 0.6 is 0 Å². The molecule has 0 aromatic heterocycles. The standard InChI is InChI=1S/C36H39NO2/c1-3-4-5-6-7-9-14-29-19-23-32(24-20-29)34-17-12-13-18-35(34)36(38)39-33-25-21-30(22-26-33)27-37-28(2)31-15-10-8-11-16-31/h8,10-13,15-28H,3-7,9,14H2,1-2H3/t28-/m0/s1. The first-order valence-corrected chi connectivity index (χ1v) is 14.2. The van der Waals surface area contributed by atoms with E-state index in [1.807, 2.05) is 72.9 Å². The maximum Gasteiger partial charge on any atom is 0.344 e. The van der Waals surface area contributed by atoms with E-state index in [2.05, 4.69) is 55.2 Å². The van der Waals surface area contributed by atoms with Crippen LogP contribution in [0.1, 0.15) is 85.5 Å². The molecule has 4 rings (SSSR count). The summed E-state index contributed by atoms with van der Waals surface area (Å²) in [7, 11) is 0. The second-order valence-electron chi connectivity index (χ2n) is 10.1. The van der Waals surface area contributed by atoms with Crippen LogP contribution in [0.25, 0.3) is 11.1 Å². The Morgan fingerprint density at radius 2 is 1.44 bits per heavy atom. The Hall–Kier alpha value is -3.98. The first-order chi connectivity index (χ1) is 19.1. The largest absolute Gasteiger partial charge is 0.423 e. The minimum Gasteiger partial charge on any atom is -0.423 e. The van der Waals surface area contributed by atoms with E-state index in [0.29, 0.717) is 11.3 Å². The molecule has 200 valence electrons. The molecular weight excluding hydrogens is 478 g/mol. The van der Waals surface area contributed by atoms with Gasteiger partial charge in [0.2, 0.25) is 0 Å². The van der Waals surface area contributed by atoms with Crippen molar-refractivity contribution in [3.63, 3.8) is 0 Å². The Bertz CT molecular complexity index is 1320. The summed E-state index contributed by atoms with van der Waals surface area (Å²) in [6.07, 6.45) is 10.8. The Morgan fingerprint density at radius 3 is 2.18 bits per heavy atom. The molecule has 3 heteroatoms. The van der Waals surface area contributed by atoms with Crippen LogP contribution in [0.4, 0.5) is 0 Å². The van der Waals surface area contributed by atoms with Gasteiger partial charge in [0, 0.05) is 6.21 Å². The Balaban J connectivity index is 1.35. The SMILES string of the molecule is CCCCCCCCc1ccc(-c2ccccc2C(=O)Oc2ccc(C=N[C@@H](C)c3ccccc3)cc2)cc1. The lowest BCUT2D eigenvalue weighted by molar-refractivity contribution is 0.0735. The number of esters is 1. The summed E-state index contributed by atoms with van der Waals surface area (Å²) in [5.41, 5.74) is 5.93. The van der Waals surface area contributed by atoms with Gasteiger partial charge in [-0.2, -0.15) is 0 Å². The number of carbonyl (C=O) groups excluding carboxylic acids is 1. The molecular formula is C36H39NO2. The van der Waals surface area contributed by atoms with Crippen LogP contribution in [0.2, 0.25) is 0 Å². The fraction of sp³-hybridized carbons (Fsp3) is 0.278. The molecule has 4 aromatic rings. The average molecular weight is 518 g/mol. The summed E-state index contributed by atoms with van der Waals surface area (Å²) in [5.74, 6) is 0.151. The smallest absolute Gasteiger partial charge is 0.344 e.